The Morgan fingerprint density at radius 3 is 2.59 bits per heavy atom. The van der Waals surface area contributed by atoms with Crippen molar-refractivity contribution in [3.05, 3.63) is 42.1 Å². The summed E-state index contributed by atoms with van der Waals surface area (Å²) < 4.78 is 19.0. The second-order valence-electron chi connectivity index (χ2n) is 7.48. The smallest absolute Gasteiger partial charge is 0.231 e. The lowest BCUT2D eigenvalue weighted by Gasteiger charge is -2.18. The predicted octanol–water partition coefficient (Wildman–Crippen LogP) is 1.22. The van der Waals surface area contributed by atoms with Crippen molar-refractivity contribution in [2.75, 3.05) is 13.9 Å². The maximum Gasteiger partial charge on any atom is 0.231 e. The first-order valence-corrected chi connectivity index (χ1v) is 9.66. The van der Waals surface area contributed by atoms with Gasteiger partial charge in [-0.15, -0.1) is 0 Å². The van der Waals surface area contributed by atoms with Gasteiger partial charge in [0.1, 0.15) is 6.54 Å². The van der Waals surface area contributed by atoms with Gasteiger partial charge in [0.15, 0.2) is 28.7 Å². The molecule has 0 fully saturated rings. The van der Waals surface area contributed by atoms with Crippen LogP contribution >= 0.6 is 0 Å². The van der Waals surface area contributed by atoms with Crippen LogP contribution in [0.2, 0.25) is 0 Å². The van der Waals surface area contributed by atoms with Gasteiger partial charge < -0.3 is 31.7 Å². The fraction of sp³-hybridized carbons (Fsp3) is 0.261. The Morgan fingerprint density at radius 2 is 1.76 bits per heavy atom. The summed E-state index contributed by atoms with van der Waals surface area (Å²) in [5, 5.41) is 16.3. The minimum absolute atomic E-state index is 0. The minimum Gasteiger partial charge on any atom is -1.00 e. The van der Waals surface area contributed by atoms with E-state index >= 15 is 0 Å². The number of nitrogens with zero attached hydrogens (tertiary/aromatic N) is 1. The molecule has 0 amide bonds. The molecule has 1 N–H and O–H groups in total. The molecular weight excluding hydrogens is 390 g/mol. The van der Waals surface area contributed by atoms with Crippen LogP contribution in [0.5, 0.6) is 23.0 Å². The summed E-state index contributed by atoms with van der Waals surface area (Å²) in [5.74, 6) is 2.35. The molecule has 0 unspecified atom stereocenters. The highest BCUT2D eigenvalue weighted by molar-refractivity contribution is 6.15. The molecule has 2 aliphatic rings. The van der Waals surface area contributed by atoms with Crippen LogP contribution in [-0.2, 0) is 13.0 Å². The van der Waals surface area contributed by atoms with E-state index < -0.39 is 0 Å². The zero-order valence-electron chi connectivity index (χ0n) is 16.0. The van der Waals surface area contributed by atoms with Crippen molar-refractivity contribution in [1.29, 1.82) is 0 Å². The molecule has 4 aromatic rings. The van der Waals surface area contributed by atoms with E-state index in [9.17, 15) is 5.11 Å². The minimum atomic E-state index is 0. The highest BCUT2D eigenvalue weighted by atomic mass is 35.5. The summed E-state index contributed by atoms with van der Waals surface area (Å²) in [6.07, 6.45) is 3.19. The molecule has 0 atom stereocenters. The number of hydrogen-bond donors (Lipinski definition) is 1. The van der Waals surface area contributed by atoms with Crippen LogP contribution in [-0.4, -0.2) is 19.0 Å². The van der Waals surface area contributed by atoms with Crippen LogP contribution in [0.4, 0.5) is 0 Å². The van der Waals surface area contributed by atoms with Crippen LogP contribution in [0.25, 0.3) is 32.4 Å². The molecule has 148 valence electrons. The SMILES string of the molecule is COc1ccc2c(c1O)c1[n+](c3c4cc5c(cc4ccc23)OCO5)CCCC1.[Cl-]. The normalized spacial score (nSPS) is 14.8. The zero-order chi connectivity index (χ0) is 18.8. The highest BCUT2D eigenvalue weighted by Crippen LogP contribution is 2.43. The summed E-state index contributed by atoms with van der Waals surface area (Å²) in [6, 6.07) is 12.3. The topological polar surface area (TPSA) is 51.8 Å². The van der Waals surface area contributed by atoms with E-state index in [0.717, 1.165) is 64.2 Å². The molecule has 0 aliphatic carbocycles. The number of aryl methyl sites for hydroxylation is 2. The van der Waals surface area contributed by atoms with Gasteiger partial charge in [0.05, 0.1) is 23.3 Å². The molecule has 2 aliphatic heterocycles. The fourth-order valence-corrected chi connectivity index (χ4v) is 4.80. The summed E-state index contributed by atoms with van der Waals surface area (Å²) in [7, 11) is 1.59. The molecule has 0 spiro atoms. The maximum absolute atomic E-state index is 10.9. The van der Waals surface area contributed by atoms with Crippen LogP contribution < -0.4 is 31.2 Å². The number of methoxy groups -OCH3 is 1. The molecule has 5 nitrogen and oxygen atoms in total. The molecule has 6 rings (SSSR count). The van der Waals surface area contributed by atoms with Crippen molar-refractivity contribution in [3.8, 4) is 23.0 Å². The molecular formula is C23H20ClNO4. The van der Waals surface area contributed by atoms with Gasteiger partial charge in [0, 0.05) is 18.2 Å². The van der Waals surface area contributed by atoms with Crippen LogP contribution in [0.15, 0.2) is 36.4 Å². The number of phenolic OH excluding ortho intramolecular Hbond substituents is 1. The van der Waals surface area contributed by atoms with Gasteiger partial charge in [0.25, 0.3) is 0 Å². The summed E-state index contributed by atoms with van der Waals surface area (Å²) in [6.45, 7) is 1.21. The van der Waals surface area contributed by atoms with Crippen molar-refractivity contribution in [2.45, 2.75) is 25.8 Å². The third-order valence-electron chi connectivity index (χ3n) is 6.07. The van der Waals surface area contributed by atoms with Gasteiger partial charge in [-0.25, -0.2) is 0 Å². The number of aromatic nitrogens is 1. The molecule has 0 saturated carbocycles. The number of fused-ring (bicyclic) bond motifs is 9. The Labute approximate surface area is 173 Å². The summed E-state index contributed by atoms with van der Waals surface area (Å²) in [5.41, 5.74) is 2.37. The van der Waals surface area contributed by atoms with Gasteiger partial charge in [-0.05, 0) is 42.1 Å². The third-order valence-corrected chi connectivity index (χ3v) is 6.07. The predicted molar refractivity (Wildman–Crippen MR) is 106 cm³/mol. The van der Waals surface area contributed by atoms with Gasteiger partial charge in [-0.2, -0.15) is 4.57 Å². The molecule has 0 saturated heterocycles. The molecule has 0 bridgehead atoms. The second-order valence-corrected chi connectivity index (χ2v) is 7.48. The van der Waals surface area contributed by atoms with Crippen molar-refractivity contribution in [1.82, 2.24) is 0 Å². The lowest BCUT2D eigenvalue weighted by atomic mass is 9.94. The largest absolute Gasteiger partial charge is 1.00 e. The Hall–Kier alpha value is -2.92. The first-order valence-electron chi connectivity index (χ1n) is 9.66. The first kappa shape index (κ1) is 18.1. The molecule has 1 aromatic heterocycles. The van der Waals surface area contributed by atoms with Gasteiger partial charge >= 0.3 is 0 Å². The van der Waals surface area contributed by atoms with Crippen molar-refractivity contribution < 1.29 is 36.3 Å². The quantitative estimate of drug-likeness (QED) is 0.379. The molecule has 3 heterocycles. The van der Waals surface area contributed by atoms with E-state index in [1.54, 1.807) is 7.11 Å². The lowest BCUT2D eigenvalue weighted by Crippen LogP contribution is -3.00. The van der Waals surface area contributed by atoms with E-state index in [0.29, 0.717) is 5.75 Å². The number of hydrogen-bond acceptors (Lipinski definition) is 4. The van der Waals surface area contributed by atoms with Crippen LogP contribution in [0.1, 0.15) is 18.5 Å². The van der Waals surface area contributed by atoms with Gasteiger partial charge in [0.2, 0.25) is 12.3 Å². The van der Waals surface area contributed by atoms with E-state index in [1.165, 1.54) is 11.2 Å². The van der Waals surface area contributed by atoms with Crippen molar-refractivity contribution in [2.24, 2.45) is 0 Å². The first-order chi connectivity index (χ1) is 13.8. The molecule has 0 radical (unpaired) electrons. The second kappa shape index (κ2) is 6.56. The number of rotatable bonds is 1. The number of pyridine rings is 1. The van der Waals surface area contributed by atoms with Gasteiger partial charge in [-0.3, -0.25) is 0 Å². The number of ether oxygens (including phenoxy) is 3. The molecule has 6 heteroatoms. The Kier molecular flexibility index (Phi) is 4.10. The Balaban J connectivity index is 0.00000181. The summed E-state index contributed by atoms with van der Waals surface area (Å²) in [4.78, 5) is 0. The zero-order valence-corrected chi connectivity index (χ0v) is 16.8. The Morgan fingerprint density at radius 1 is 0.966 bits per heavy atom. The number of aromatic hydroxyl groups is 1. The summed E-state index contributed by atoms with van der Waals surface area (Å²) >= 11 is 0. The standard InChI is InChI=1S/C23H19NO4.ClH/c1-26-18-8-7-14-15-6-5-13-10-19-20(28-12-27-19)11-16(13)22(15)24-9-3-2-4-17(24)21(14)23(18)25;/h5-8,10-11H,2-4,9,12H2,1H3;1H. The van der Waals surface area contributed by atoms with Crippen LogP contribution in [0, 0.1) is 0 Å². The fourth-order valence-electron chi connectivity index (χ4n) is 4.80. The highest BCUT2D eigenvalue weighted by Gasteiger charge is 2.29. The monoisotopic (exact) mass is 409 g/mol. The lowest BCUT2D eigenvalue weighted by molar-refractivity contribution is -0.682. The van der Waals surface area contributed by atoms with E-state index in [1.807, 2.05) is 6.07 Å². The van der Waals surface area contributed by atoms with E-state index in [4.69, 9.17) is 14.2 Å². The van der Waals surface area contributed by atoms with Crippen molar-refractivity contribution >= 4 is 32.4 Å². The maximum atomic E-state index is 10.9. The average Bonchev–Trinajstić information content (AvgIpc) is 3.19. The number of phenols is 1. The van der Waals surface area contributed by atoms with Gasteiger partial charge in [-0.1, -0.05) is 6.07 Å². The van der Waals surface area contributed by atoms with E-state index in [-0.39, 0.29) is 24.9 Å². The van der Waals surface area contributed by atoms with E-state index in [2.05, 4.69) is 34.9 Å². The van der Waals surface area contributed by atoms with Crippen LogP contribution in [0.3, 0.4) is 0 Å². The Bertz CT molecular complexity index is 1300. The van der Waals surface area contributed by atoms with Crippen molar-refractivity contribution in [3.63, 3.8) is 0 Å². The molecule has 3 aromatic carbocycles. The third kappa shape index (κ3) is 2.43. The molecule has 29 heavy (non-hydrogen) atoms. The number of benzene rings is 3. The average molecular weight is 410 g/mol. The number of halogens is 1.